The van der Waals surface area contributed by atoms with E-state index in [-0.39, 0.29) is 24.1 Å². The summed E-state index contributed by atoms with van der Waals surface area (Å²) >= 11 is 12.1. The van der Waals surface area contributed by atoms with Crippen molar-refractivity contribution in [2.75, 3.05) is 26.2 Å². The molecular formula is C20H19Cl2FN2O2. The summed E-state index contributed by atoms with van der Waals surface area (Å²) in [5, 5.41) is 0.812. The van der Waals surface area contributed by atoms with Crippen molar-refractivity contribution in [3.63, 3.8) is 0 Å². The summed E-state index contributed by atoms with van der Waals surface area (Å²) < 4.78 is 13.0. The van der Waals surface area contributed by atoms with Crippen LogP contribution in [0.1, 0.15) is 22.3 Å². The number of nitrogens with zero attached hydrogens (tertiary/aromatic N) is 2. The minimum absolute atomic E-state index is 0.0308. The highest BCUT2D eigenvalue weighted by molar-refractivity contribution is 6.35. The van der Waals surface area contributed by atoms with Crippen LogP contribution in [0.3, 0.4) is 0 Å². The molecule has 1 heterocycles. The van der Waals surface area contributed by atoms with Gasteiger partial charge >= 0.3 is 0 Å². The fraction of sp³-hybridized carbons (Fsp3) is 0.300. The lowest BCUT2D eigenvalue weighted by Gasteiger charge is -2.22. The lowest BCUT2D eigenvalue weighted by molar-refractivity contribution is -0.130. The number of hydrogen-bond donors (Lipinski definition) is 0. The number of carbonyl (C=O) groups excluding carboxylic acids is 2. The van der Waals surface area contributed by atoms with E-state index in [2.05, 4.69) is 0 Å². The highest BCUT2D eigenvalue weighted by Gasteiger charge is 2.24. The summed E-state index contributed by atoms with van der Waals surface area (Å²) in [7, 11) is 0. The smallest absolute Gasteiger partial charge is 0.255 e. The second kappa shape index (κ2) is 8.72. The van der Waals surface area contributed by atoms with Gasteiger partial charge in [0.2, 0.25) is 5.91 Å². The molecule has 27 heavy (non-hydrogen) atoms. The molecule has 1 saturated heterocycles. The monoisotopic (exact) mass is 408 g/mol. The van der Waals surface area contributed by atoms with Crippen molar-refractivity contribution < 1.29 is 14.0 Å². The Balaban J connectivity index is 1.63. The third-order valence-electron chi connectivity index (χ3n) is 4.56. The molecule has 0 aliphatic carbocycles. The highest BCUT2D eigenvalue weighted by atomic mass is 35.5. The molecule has 0 radical (unpaired) electrons. The minimum Gasteiger partial charge on any atom is -0.341 e. The molecule has 1 aliphatic rings. The average Bonchev–Trinajstić information content (AvgIpc) is 2.91. The van der Waals surface area contributed by atoms with Crippen LogP contribution in [0.4, 0.5) is 4.39 Å². The zero-order chi connectivity index (χ0) is 19.4. The standard InChI is InChI=1S/C20H19Cl2FN2O2/c21-15-4-7-18(22)17(13-15)20(27)25-9-1-8-24(10-11-25)19(26)12-14-2-5-16(23)6-3-14/h2-7,13H,1,8-12H2. The molecule has 142 valence electrons. The third-order valence-corrected chi connectivity index (χ3v) is 5.13. The molecule has 7 heteroatoms. The zero-order valence-corrected chi connectivity index (χ0v) is 16.1. The molecule has 1 fully saturated rings. The lowest BCUT2D eigenvalue weighted by atomic mass is 10.1. The number of benzene rings is 2. The van der Waals surface area contributed by atoms with Crippen LogP contribution in [-0.4, -0.2) is 47.8 Å². The van der Waals surface area contributed by atoms with Crippen LogP contribution < -0.4 is 0 Å². The molecule has 0 saturated carbocycles. The number of amides is 2. The van der Waals surface area contributed by atoms with E-state index < -0.39 is 0 Å². The second-order valence-corrected chi connectivity index (χ2v) is 7.30. The molecule has 3 rings (SSSR count). The number of halogens is 3. The van der Waals surface area contributed by atoms with Gasteiger partial charge in [-0.15, -0.1) is 0 Å². The fourth-order valence-corrected chi connectivity index (χ4v) is 3.46. The van der Waals surface area contributed by atoms with Gasteiger partial charge < -0.3 is 9.80 Å². The Labute approximate surface area is 167 Å². The molecule has 2 amide bonds. The first-order valence-electron chi connectivity index (χ1n) is 8.70. The van der Waals surface area contributed by atoms with Crippen LogP contribution in [0.5, 0.6) is 0 Å². The molecule has 1 aliphatic heterocycles. The van der Waals surface area contributed by atoms with E-state index in [0.29, 0.717) is 48.2 Å². The predicted octanol–water partition coefficient (Wildman–Crippen LogP) is 4.05. The average molecular weight is 409 g/mol. The van der Waals surface area contributed by atoms with Gasteiger partial charge in [0.1, 0.15) is 5.82 Å². The van der Waals surface area contributed by atoms with Gasteiger partial charge in [-0.1, -0.05) is 35.3 Å². The largest absolute Gasteiger partial charge is 0.341 e. The second-order valence-electron chi connectivity index (χ2n) is 6.45. The van der Waals surface area contributed by atoms with E-state index >= 15 is 0 Å². The van der Waals surface area contributed by atoms with Crippen LogP contribution in [-0.2, 0) is 11.2 Å². The van der Waals surface area contributed by atoms with Crippen LogP contribution in [0, 0.1) is 5.82 Å². The van der Waals surface area contributed by atoms with E-state index in [1.807, 2.05) is 0 Å². The molecule has 0 N–H and O–H groups in total. The predicted molar refractivity (Wildman–Crippen MR) is 104 cm³/mol. The molecule has 2 aromatic carbocycles. The van der Waals surface area contributed by atoms with Gasteiger partial charge in [-0.2, -0.15) is 0 Å². The van der Waals surface area contributed by atoms with E-state index in [1.54, 1.807) is 40.1 Å². The summed E-state index contributed by atoms with van der Waals surface area (Å²) in [5.41, 5.74) is 1.14. The Morgan fingerprint density at radius 2 is 1.59 bits per heavy atom. The van der Waals surface area contributed by atoms with Crippen molar-refractivity contribution in [1.29, 1.82) is 0 Å². The Kier molecular flexibility index (Phi) is 6.34. The maximum Gasteiger partial charge on any atom is 0.255 e. The molecule has 0 bridgehead atoms. The van der Waals surface area contributed by atoms with E-state index in [4.69, 9.17) is 23.2 Å². The molecule has 0 aromatic heterocycles. The van der Waals surface area contributed by atoms with Crippen molar-refractivity contribution in [3.8, 4) is 0 Å². The zero-order valence-electron chi connectivity index (χ0n) is 14.6. The fourth-order valence-electron chi connectivity index (χ4n) is 3.09. The molecule has 4 nitrogen and oxygen atoms in total. The Hall–Kier alpha value is -2.11. The van der Waals surface area contributed by atoms with Crippen molar-refractivity contribution in [2.45, 2.75) is 12.8 Å². The summed E-state index contributed by atoms with van der Waals surface area (Å²) in [6, 6.07) is 10.7. The first-order chi connectivity index (χ1) is 12.9. The van der Waals surface area contributed by atoms with Crippen LogP contribution in [0.25, 0.3) is 0 Å². The maximum absolute atomic E-state index is 13.0. The van der Waals surface area contributed by atoms with Gasteiger partial charge in [-0.25, -0.2) is 4.39 Å². The van der Waals surface area contributed by atoms with Gasteiger partial charge in [0.05, 0.1) is 17.0 Å². The highest BCUT2D eigenvalue weighted by Crippen LogP contribution is 2.22. The maximum atomic E-state index is 13.0. The minimum atomic E-state index is -0.324. The molecule has 0 spiro atoms. The summed E-state index contributed by atoms with van der Waals surface area (Å²) in [6.45, 7) is 2.00. The van der Waals surface area contributed by atoms with Crippen LogP contribution in [0.15, 0.2) is 42.5 Å². The Morgan fingerprint density at radius 1 is 0.926 bits per heavy atom. The Bertz CT molecular complexity index is 842. The SMILES string of the molecule is O=C(Cc1ccc(F)cc1)N1CCCN(C(=O)c2cc(Cl)ccc2Cl)CC1. The van der Waals surface area contributed by atoms with Crippen molar-refractivity contribution >= 4 is 35.0 Å². The summed E-state index contributed by atoms with van der Waals surface area (Å²) in [4.78, 5) is 28.8. The number of carbonyl (C=O) groups is 2. The molecule has 0 unspecified atom stereocenters. The number of rotatable bonds is 3. The van der Waals surface area contributed by atoms with Gasteiger partial charge in [-0.3, -0.25) is 9.59 Å². The quantitative estimate of drug-likeness (QED) is 0.768. The van der Waals surface area contributed by atoms with Gasteiger partial charge in [0.15, 0.2) is 0 Å². The molecule has 0 atom stereocenters. The van der Waals surface area contributed by atoms with E-state index in [0.717, 1.165) is 5.56 Å². The van der Waals surface area contributed by atoms with Gasteiger partial charge in [0.25, 0.3) is 5.91 Å². The lowest BCUT2D eigenvalue weighted by Crippen LogP contribution is -2.38. The topological polar surface area (TPSA) is 40.6 Å². The third kappa shape index (κ3) is 4.99. The first kappa shape index (κ1) is 19.6. The van der Waals surface area contributed by atoms with Gasteiger partial charge in [0, 0.05) is 31.2 Å². The van der Waals surface area contributed by atoms with Crippen molar-refractivity contribution in [3.05, 3.63) is 69.5 Å². The van der Waals surface area contributed by atoms with E-state index in [1.165, 1.54) is 12.1 Å². The van der Waals surface area contributed by atoms with E-state index in [9.17, 15) is 14.0 Å². The summed E-state index contributed by atoms with van der Waals surface area (Å²) in [5.74, 6) is -0.540. The summed E-state index contributed by atoms with van der Waals surface area (Å²) in [6.07, 6.45) is 0.896. The molecule has 2 aromatic rings. The van der Waals surface area contributed by atoms with Crippen LogP contribution >= 0.6 is 23.2 Å². The van der Waals surface area contributed by atoms with Crippen LogP contribution in [0.2, 0.25) is 10.0 Å². The van der Waals surface area contributed by atoms with Gasteiger partial charge in [-0.05, 0) is 42.3 Å². The Morgan fingerprint density at radius 3 is 2.33 bits per heavy atom. The normalized spacial score (nSPS) is 14.8. The molecular weight excluding hydrogens is 390 g/mol. The first-order valence-corrected chi connectivity index (χ1v) is 9.46. The number of hydrogen-bond acceptors (Lipinski definition) is 2. The van der Waals surface area contributed by atoms with Crippen molar-refractivity contribution in [2.24, 2.45) is 0 Å². The van der Waals surface area contributed by atoms with Crippen molar-refractivity contribution in [1.82, 2.24) is 9.80 Å².